The molecule has 1 aromatic carbocycles. The molecule has 2 fully saturated rings. The summed E-state index contributed by atoms with van der Waals surface area (Å²) in [7, 11) is 0. The molecule has 2 aliphatic rings. The third-order valence-electron chi connectivity index (χ3n) is 3.96. The Labute approximate surface area is 113 Å². The van der Waals surface area contributed by atoms with Crippen molar-refractivity contribution in [2.75, 3.05) is 11.4 Å². The van der Waals surface area contributed by atoms with E-state index in [2.05, 4.69) is 11.0 Å². The second-order valence-electron chi connectivity index (χ2n) is 5.73. The molecule has 3 rings (SSSR count). The summed E-state index contributed by atoms with van der Waals surface area (Å²) >= 11 is 0. The molecule has 0 amide bonds. The van der Waals surface area contributed by atoms with E-state index in [0.717, 1.165) is 23.7 Å². The van der Waals surface area contributed by atoms with Crippen molar-refractivity contribution in [3.8, 4) is 6.07 Å². The van der Waals surface area contributed by atoms with Crippen LogP contribution >= 0.6 is 0 Å². The van der Waals surface area contributed by atoms with Crippen LogP contribution in [0.3, 0.4) is 0 Å². The second-order valence-corrected chi connectivity index (χ2v) is 5.73. The molecule has 0 spiro atoms. The third-order valence-corrected chi connectivity index (χ3v) is 3.96. The summed E-state index contributed by atoms with van der Waals surface area (Å²) in [6.45, 7) is 2.65. The number of hydrogen-bond donors (Lipinski definition) is 0. The van der Waals surface area contributed by atoms with Crippen molar-refractivity contribution in [3.63, 3.8) is 0 Å². The fraction of sp³-hybridized carbons (Fsp3) is 0.500. The van der Waals surface area contributed by atoms with Crippen LogP contribution in [-0.4, -0.2) is 18.4 Å². The highest BCUT2D eigenvalue weighted by Crippen LogP contribution is 2.39. The summed E-state index contributed by atoms with van der Waals surface area (Å²) in [5.74, 6) is 0.868. The minimum absolute atomic E-state index is 0.0842. The number of rotatable bonds is 5. The van der Waals surface area contributed by atoms with Crippen LogP contribution in [-0.2, 0) is 0 Å². The van der Waals surface area contributed by atoms with E-state index in [4.69, 9.17) is 5.26 Å². The first kappa shape index (κ1) is 12.2. The van der Waals surface area contributed by atoms with E-state index in [0.29, 0.717) is 11.6 Å². The zero-order valence-electron chi connectivity index (χ0n) is 11.2. The Bertz CT molecular complexity index is 550. The Balaban J connectivity index is 1.98. The van der Waals surface area contributed by atoms with Gasteiger partial charge in [0.15, 0.2) is 5.78 Å². The maximum absolute atomic E-state index is 11.8. The normalized spacial score (nSPS) is 17.9. The van der Waals surface area contributed by atoms with Gasteiger partial charge < -0.3 is 4.90 Å². The van der Waals surface area contributed by atoms with E-state index in [1.807, 2.05) is 6.07 Å². The molecule has 98 valence electrons. The van der Waals surface area contributed by atoms with Gasteiger partial charge in [-0.05, 0) is 56.7 Å². The molecule has 0 aliphatic heterocycles. The van der Waals surface area contributed by atoms with E-state index in [-0.39, 0.29) is 5.78 Å². The number of Topliss-reactive ketones (excluding diaryl/α,β-unsaturated/α-hetero) is 1. The Morgan fingerprint density at radius 1 is 1.37 bits per heavy atom. The molecule has 0 atom stereocenters. The molecule has 0 aromatic heterocycles. The molecule has 2 saturated carbocycles. The zero-order valence-corrected chi connectivity index (χ0v) is 11.2. The highest BCUT2D eigenvalue weighted by Gasteiger charge is 2.35. The lowest BCUT2D eigenvalue weighted by atomic mass is 10.0. The lowest BCUT2D eigenvalue weighted by Gasteiger charge is -2.26. The van der Waals surface area contributed by atoms with Gasteiger partial charge in [0.25, 0.3) is 0 Å². The lowest BCUT2D eigenvalue weighted by Crippen LogP contribution is -2.29. The molecule has 19 heavy (non-hydrogen) atoms. The maximum Gasteiger partial charge on any atom is 0.161 e. The molecule has 0 N–H and O–H groups in total. The van der Waals surface area contributed by atoms with Crippen LogP contribution < -0.4 is 4.90 Å². The average molecular weight is 254 g/mol. The molecule has 2 aliphatic carbocycles. The largest absolute Gasteiger partial charge is 0.368 e. The van der Waals surface area contributed by atoms with E-state index in [9.17, 15) is 4.79 Å². The number of hydrogen-bond acceptors (Lipinski definition) is 3. The molecule has 0 saturated heterocycles. The number of benzene rings is 1. The van der Waals surface area contributed by atoms with Crippen LogP contribution in [0.25, 0.3) is 0 Å². The summed E-state index contributed by atoms with van der Waals surface area (Å²) in [5.41, 5.74) is 2.37. The van der Waals surface area contributed by atoms with Crippen molar-refractivity contribution in [3.05, 3.63) is 29.3 Å². The van der Waals surface area contributed by atoms with Crippen LogP contribution in [0.1, 0.15) is 48.5 Å². The number of ketones is 1. The molecule has 0 unspecified atom stereocenters. The highest BCUT2D eigenvalue weighted by atomic mass is 16.1. The summed E-state index contributed by atoms with van der Waals surface area (Å²) in [6, 6.07) is 8.18. The Morgan fingerprint density at radius 2 is 2.11 bits per heavy atom. The number of nitriles is 1. The maximum atomic E-state index is 11.8. The predicted molar refractivity (Wildman–Crippen MR) is 74.3 cm³/mol. The van der Waals surface area contributed by atoms with Crippen LogP contribution in [0, 0.1) is 17.2 Å². The molecule has 0 radical (unpaired) electrons. The van der Waals surface area contributed by atoms with Crippen LogP contribution in [0.15, 0.2) is 18.2 Å². The predicted octanol–water partition coefficient (Wildman–Crippen LogP) is 3.14. The van der Waals surface area contributed by atoms with Crippen molar-refractivity contribution in [2.24, 2.45) is 5.92 Å². The Kier molecular flexibility index (Phi) is 3.02. The van der Waals surface area contributed by atoms with Crippen LogP contribution in [0.4, 0.5) is 5.69 Å². The van der Waals surface area contributed by atoms with E-state index >= 15 is 0 Å². The minimum atomic E-state index is 0.0842. The van der Waals surface area contributed by atoms with Gasteiger partial charge in [-0.15, -0.1) is 0 Å². The summed E-state index contributed by atoms with van der Waals surface area (Å²) in [4.78, 5) is 14.2. The first-order chi connectivity index (χ1) is 9.19. The van der Waals surface area contributed by atoms with E-state index < -0.39 is 0 Å². The first-order valence-electron chi connectivity index (χ1n) is 7.01. The molecule has 1 aromatic rings. The van der Waals surface area contributed by atoms with Gasteiger partial charge in [0.2, 0.25) is 0 Å². The van der Waals surface area contributed by atoms with Gasteiger partial charge in [0.1, 0.15) is 0 Å². The number of carbonyl (C=O) groups is 1. The van der Waals surface area contributed by atoms with Gasteiger partial charge in [-0.2, -0.15) is 5.26 Å². The Morgan fingerprint density at radius 3 is 2.63 bits per heavy atom. The van der Waals surface area contributed by atoms with Gasteiger partial charge in [-0.1, -0.05) is 0 Å². The topological polar surface area (TPSA) is 44.1 Å². The lowest BCUT2D eigenvalue weighted by molar-refractivity contribution is 0.101. The molecular weight excluding hydrogens is 236 g/mol. The van der Waals surface area contributed by atoms with Crippen molar-refractivity contribution in [1.82, 2.24) is 0 Å². The van der Waals surface area contributed by atoms with Gasteiger partial charge in [-0.25, -0.2) is 0 Å². The smallest absolute Gasteiger partial charge is 0.161 e. The van der Waals surface area contributed by atoms with Crippen LogP contribution in [0.2, 0.25) is 0 Å². The van der Waals surface area contributed by atoms with Gasteiger partial charge >= 0.3 is 0 Å². The summed E-state index contributed by atoms with van der Waals surface area (Å²) in [6.07, 6.45) is 5.02. The first-order valence-corrected chi connectivity index (χ1v) is 7.01. The SMILES string of the molecule is CC(=O)c1ccc(C#N)cc1N(CC1CC1)C1CC1. The van der Waals surface area contributed by atoms with Gasteiger partial charge in [-0.3, -0.25) is 4.79 Å². The fourth-order valence-corrected chi connectivity index (χ4v) is 2.55. The molecular formula is C16H18N2O. The van der Waals surface area contributed by atoms with Crippen molar-refractivity contribution in [2.45, 2.75) is 38.6 Å². The summed E-state index contributed by atoms with van der Waals surface area (Å²) in [5, 5.41) is 9.07. The quantitative estimate of drug-likeness (QED) is 0.758. The Hall–Kier alpha value is -1.82. The standard InChI is InChI=1S/C16H18N2O/c1-11(19)15-7-4-13(9-17)8-16(15)18(14-5-6-14)10-12-2-3-12/h4,7-8,12,14H,2-3,5-6,10H2,1H3. The monoisotopic (exact) mass is 254 g/mol. The van der Waals surface area contributed by atoms with Gasteiger partial charge in [0.05, 0.1) is 11.6 Å². The molecule has 3 heteroatoms. The van der Waals surface area contributed by atoms with Crippen molar-refractivity contribution in [1.29, 1.82) is 5.26 Å². The average Bonchev–Trinajstić information content (AvgIpc) is 3.27. The zero-order chi connectivity index (χ0) is 13.4. The fourth-order valence-electron chi connectivity index (χ4n) is 2.55. The van der Waals surface area contributed by atoms with Crippen molar-refractivity contribution < 1.29 is 4.79 Å². The molecule has 3 nitrogen and oxygen atoms in total. The van der Waals surface area contributed by atoms with E-state index in [1.54, 1.807) is 19.1 Å². The molecule has 0 bridgehead atoms. The number of nitrogens with zero attached hydrogens (tertiary/aromatic N) is 2. The number of anilines is 1. The van der Waals surface area contributed by atoms with E-state index in [1.165, 1.54) is 25.7 Å². The second kappa shape index (κ2) is 4.70. The third kappa shape index (κ3) is 2.63. The summed E-state index contributed by atoms with van der Waals surface area (Å²) < 4.78 is 0. The molecule has 0 heterocycles. The van der Waals surface area contributed by atoms with Crippen LogP contribution in [0.5, 0.6) is 0 Å². The van der Waals surface area contributed by atoms with Crippen molar-refractivity contribution >= 4 is 11.5 Å². The highest BCUT2D eigenvalue weighted by molar-refractivity contribution is 6.00. The minimum Gasteiger partial charge on any atom is -0.368 e. The van der Waals surface area contributed by atoms with Gasteiger partial charge in [0, 0.05) is 23.8 Å². The number of carbonyl (C=O) groups excluding carboxylic acids is 1.